The molecular weight excluding hydrogens is 228 g/mol. The molecule has 6 nitrogen and oxygen atoms in total. The Morgan fingerprint density at radius 2 is 2.18 bits per heavy atom. The SMILES string of the molecule is CC1CC(C(=O)OC=O)C2CC(=O)OC(=O)C12. The van der Waals surface area contributed by atoms with Crippen molar-refractivity contribution in [1.29, 1.82) is 0 Å². The number of carbonyl (C=O) groups excluding carboxylic acids is 4. The molecule has 0 aromatic carbocycles. The number of esters is 3. The molecule has 1 saturated heterocycles. The van der Waals surface area contributed by atoms with Gasteiger partial charge in [0.2, 0.25) is 0 Å². The van der Waals surface area contributed by atoms with E-state index in [0.717, 1.165) is 0 Å². The summed E-state index contributed by atoms with van der Waals surface area (Å²) < 4.78 is 8.87. The van der Waals surface area contributed by atoms with E-state index in [-0.39, 0.29) is 18.8 Å². The molecule has 1 heterocycles. The van der Waals surface area contributed by atoms with E-state index < -0.39 is 35.7 Å². The lowest BCUT2D eigenvalue weighted by Crippen LogP contribution is -2.38. The van der Waals surface area contributed by atoms with Crippen LogP contribution in [-0.4, -0.2) is 24.4 Å². The molecule has 2 fully saturated rings. The molecule has 1 saturated carbocycles. The Labute approximate surface area is 97.3 Å². The van der Waals surface area contributed by atoms with E-state index in [9.17, 15) is 19.2 Å². The summed E-state index contributed by atoms with van der Waals surface area (Å²) in [4.78, 5) is 44.4. The van der Waals surface area contributed by atoms with Crippen LogP contribution in [0.2, 0.25) is 0 Å². The van der Waals surface area contributed by atoms with Crippen LogP contribution in [0.3, 0.4) is 0 Å². The molecule has 1 aliphatic carbocycles. The third kappa shape index (κ3) is 1.94. The van der Waals surface area contributed by atoms with Gasteiger partial charge in [0.1, 0.15) is 0 Å². The molecule has 2 rings (SSSR count). The Kier molecular flexibility index (Phi) is 2.95. The Morgan fingerprint density at radius 1 is 1.47 bits per heavy atom. The number of hydrogen-bond donors (Lipinski definition) is 0. The summed E-state index contributed by atoms with van der Waals surface area (Å²) in [6.45, 7) is 1.90. The summed E-state index contributed by atoms with van der Waals surface area (Å²) in [7, 11) is 0. The first kappa shape index (κ1) is 11.8. The second-order valence-corrected chi connectivity index (χ2v) is 4.54. The maximum absolute atomic E-state index is 11.6. The molecule has 17 heavy (non-hydrogen) atoms. The highest BCUT2D eigenvalue weighted by atomic mass is 16.6. The third-order valence-electron chi connectivity index (χ3n) is 3.57. The fraction of sp³-hybridized carbons (Fsp3) is 0.636. The lowest BCUT2D eigenvalue weighted by Gasteiger charge is -2.26. The number of rotatable bonds is 2. The number of cyclic esters (lactones) is 2. The van der Waals surface area contributed by atoms with Crippen molar-refractivity contribution in [3.8, 4) is 0 Å². The van der Waals surface area contributed by atoms with Crippen LogP contribution < -0.4 is 0 Å². The number of carbonyl (C=O) groups is 4. The van der Waals surface area contributed by atoms with Crippen molar-refractivity contribution in [2.45, 2.75) is 19.8 Å². The summed E-state index contributed by atoms with van der Waals surface area (Å²) in [5.74, 6) is -3.32. The van der Waals surface area contributed by atoms with Gasteiger partial charge in [-0.1, -0.05) is 6.92 Å². The predicted molar refractivity (Wildman–Crippen MR) is 52.1 cm³/mol. The van der Waals surface area contributed by atoms with Gasteiger partial charge in [-0.25, -0.2) is 0 Å². The average Bonchev–Trinajstić information content (AvgIpc) is 2.56. The highest BCUT2D eigenvalue weighted by Crippen LogP contribution is 2.46. The first-order valence-corrected chi connectivity index (χ1v) is 5.43. The van der Waals surface area contributed by atoms with E-state index in [1.807, 2.05) is 6.92 Å². The first-order chi connectivity index (χ1) is 8.04. The minimum Gasteiger partial charge on any atom is -0.395 e. The molecule has 0 spiro atoms. The molecule has 0 N–H and O–H groups in total. The lowest BCUT2D eigenvalue weighted by molar-refractivity contribution is -0.172. The minimum absolute atomic E-state index is 0.0272. The monoisotopic (exact) mass is 240 g/mol. The smallest absolute Gasteiger partial charge is 0.317 e. The number of hydrogen-bond acceptors (Lipinski definition) is 6. The second kappa shape index (κ2) is 4.27. The topological polar surface area (TPSA) is 86.7 Å². The molecule has 0 bridgehead atoms. The molecule has 4 atom stereocenters. The average molecular weight is 240 g/mol. The largest absolute Gasteiger partial charge is 0.395 e. The Balaban J connectivity index is 2.21. The van der Waals surface area contributed by atoms with Crippen LogP contribution in [0.1, 0.15) is 19.8 Å². The molecule has 0 aromatic rings. The minimum atomic E-state index is -0.665. The standard InChI is InChI=1S/C11H12O6/c1-5-2-7(10(14)16-4-12)6-3-8(13)17-11(15)9(5)6/h4-7,9H,2-3H2,1H3. The summed E-state index contributed by atoms with van der Waals surface area (Å²) in [5.41, 5.74) is 0. The van der Waals surface area contributed by atoms with Crippen molar-refractivity contribution < 1.29 is 28.7 Å². The fourth-order valence-corrected chi connectivity index (χ4v) is 2.89. The van der Waals surface area contributed by atoms with Gasteiger partial charge in [-0.2, -0.15) is 0 Å². The van der Waals surface area contributed by atoms with Gasteiger partial charge in [0.05, 0.1) is 18.3 Å². The van der Waals surface area contributed by atoms with Crippen molar-refractivity contribution in [1.82, 2.24) is 0 Å². The molecule has 2 aliphatic rings. The van der Waals surface area contributed by atoms with Crippen molar-refractivity contribution in [2.24, 2.45) is 23.7 Å². The Morgan fingerprint density at radius 3 is 2.82 bits per heavy atom. The summed E-state index contributed by atoms with van der Waals surface area (Å²) in [6.07, 6.45) is 0.462. The predicted octanol–water partition coefficient (Wildman–Crippen LogP) is 0.0479. The highest BCUT2D eigenvalue weighted by Gasteiger charge is 2.53. The number of ether oxygens (including phenoxy) is 2. The first-order valence-electron chi connectivity index (χ1n) is 5.43. The Bertz CT molecular complexity index is 387. The van der Waals surface area contributed by atoms with Crippen LogP contribution in [-0.2, 0) is 28.7 Å². The van der Waals surface area contributed by atoms with E-state index in [1.165, 1.54) is 0 Å². The highest BCUT2D eigenvalue weighted by molar-refractivity contribution is 5.92. The molecule has 0 radical (unpaired) electrons. The van der Waals surface area contributed by atoms with E-state index >= 15 is 0 Å². The zero-order chi connectivity index (χ0) is 12.6. The fourth-order valence-electron chi connectivity index (χ4n) is 2.89. The van der Waals surface area contributed by atoms with Crippen molar-refractivity contribution >= 4 is 24.4 Å². The normalized spacial score (nSPS) is 36.1. The van der Waals surface area contributed by atoms with Gasteiger partial charge < -0.3 is 9.47 Å². The van der Waals surface area contributed by atoms with Crippen LogP contribution >= 0.6 is 0 Å². The molecule has 0 aromatic heterocycles. The van der Waals surface area contributed by atoms with E-state index in [0.29, 0.717) is 6.42 Å². The van der Waals surface area contributed by atoms with Gasteiger partial charge >= 0.3 is 24.4 Å². The van der Waals surface area contributed by atoms with Gasteiger partial charge in [-0.15, -0.1) is 0 Å². The van der Waals surface area contributed by atoms with Gasteiger partial charge in [0.15, 0.2) is 0 Å². The maximum atomic E-state index is 11.6. The van der Waals surface area contributed by atoms with Gasteiger partial charge in [-0.05, 0) is 18.3 Å². The molecular formula is C11H12O6. The van der Waals surface area contributed by atoms with Crippen LogP contribution in [0.5, 0.6) is 0 Å². The summed E-state index contributed by atoms with van der Waals surface area (Å²) in [5, 5.41) is 0. The van der Waals surface area contributed by atoms with Crippen molar-refractivity contribution in [2.75, 3.05) is 0 Å². The van der Waals surface area contributed by atoms with E-state index in [2.05, 4.69) is 9.47 Å². The second-order valence-electron chi connectivity index (χ2n) is 4.54. The van der Waals surface area contributed by atoms with Crippen LogP contribution in [0.25, 0.3) is 0 Å². The van der Waals surface area contributed by atoms with Crippen LogP contribution in [0.15, 0.2) is 0 Å². The van der Waals surface area contributed by atoms with E-state index in [4.69, 9.17) is 0 Å². The molecule has 4 unspecified atom stereocenters. The molecule has 0 amide bonds. The summed E-state index contributed by atoms with van der Waals surface area (Å²) in [6, 6.07) is 0. The van der Waals surface area contributed by atoms with Crippen LogP contribution in [0, 0.1) is 23.7 Å². The summed E-state index contributed by atoms with van der Waals surface area (Å²) >= 11 is 0. The molecule has 6 heteroatoms. The molecule has 1 aliphatic heterocycles. The third-order valence-corrected chi connectivity index (χ3v) is 3.57. The van der Waals surface area contributed by atoms with Gasteiger partial charge in [-0.3, -0.25) is 19.2 Å². The van der Waals surface area contributed by atoms with E-state index in [1.54, 1.807) is 0 Å². The Hall–Kier alpha value is -1.72. The van der Waals surface area contributed by atoms with Crippen molar-refractivity contribution in [3.63, 3.8) is 0 Å². The molecule has 92 valence electrons. The zero-order valence-corrected chi connectivity index (χ0v) is 9.25. The van der Waals surface area contributed by atoms with Gasteiger partial charge in [0.25, 0.3) is 0 Å². The maximum Gasteiger partial charge on any atom is 0.317 e. The van der Waals surface area contributed by atoms with Crippen LogP contribution in [0.4, 0.5) is 0 Å². The number of fused-ring (bicyclic) bond motifs is 1. The zero-order valence-electron chi connectivity index (χ0n) is 9.25. The van der Waals surface area contributed by atoms with Crippen molar-refractivity contribution in [3.05, 3.63) is 0 Å². The lowest BCUT2D eigenvalue weighted by atomic mass is 9.83. The quantitative estimate of drug-likeness (QED) is 0.385. The van der Waals surface area contributed by atoms with Gasteiger partial charge in [0, 0.05) is 0 Å².